The Kier molecular flexibility index (Phi) is 6.03. The van der Waals surface area contributed by atoms with Gasteiger partial charge in [-0.3, -0.25) is 9.69 Å². The topological polar surface area (TPSA) is 48.7 Å². The summed E-state index contributed by atoms with van der Waals surface area (Å²) < 4.78 is 2.03. The molecule has 0 aromatic carbocycles. The number of aromatic hydroxyl groups is 1. The van der Waals surface area contributed by atoms with E-state index in [0.29, 0.717) is 6.04 Å². The molecule has 1 aliphatic heterocycles. The zero-order valence-corrected chi connectivity index (χ0v) is 14.1. The zero-order chi connectivity index (χ0) is 16.1. The van der Waals surface area contributed by atoms with Crippen LogP contribution in [0.5, 0.6) is 5.75 Å². The molecule has 1 aromatic heterocycles. The fourth-order valence-electron chi connectivity index (χ4n) is 3.10. The van der Waals surface area contributed by atoms with Crippen LogP contribution in [0.1, 0.15) is 38.3 Å². The zero-order valence-electron chi connectivity index (χ0n) is 14.1. The first-order valence-corrected chi connectivity index (χ1v) is 8.32. The molecule has 0 aliphatic carbocycles. The Labute approximate surface area is 133 Å². The molecular formula is C17H29N3O2. The molecule has 0 unspecified atom stereocenters. The fraction of sp³-hybridized carbons (Fsp3) is 0.706. The van der Waals surface area contributed by atoms with Crippen LogP contribution < -0.4 is 5.43 Å². The van der Waals surface area contributed by atoms with Crippen LogP contribution in [0.2, 0.25) is 0 Å². The van der Waals surface area contributed by atoms with Gasteiger partial charge in [-0.2, -0.15) is 0 Å². The predicted octanol–water partition coefficient (Wildman–Crippen LogP) is 1.88. The molecule has 2 rings (SSSR count). The van der Waals surface area contributed by atoms with E-state index in [9.17, 15) is 9.90 Å². The smallest absolute Gasteiger partial charge is 0.223 e. The van der Waals surface area contributed by atoms with Crippen molar-refractivity contribution in [3.8, 4) is 5.75 Å². The first-order chi connectivity index (χ1) is 10.5. The van der Waals surface area contributed by atoms with Crippen LogP contribution in [0.15, 0.2) is 17.1 Å². The number of rotatable bonds is 6. The highest BCUT2D eigenvalue weighted by atomic mass is 16.3. The summed E-state index contributed by atoms with van der Waals surface area (Å²) in [5.41, 5.74) is 0.720. The van der Waals surface area contributed by atoms with Crippen LogP contribution in [0.4, 0.5) is 0 Å². The lowest BCUT2D eigenvalue weighted by Gasteiger charge is -2.35. The van der Waals surface area contributed by atoms with Crippen LogP contribution in [-0.2, 0) is 13.1 Å². The number of aromatic nitrogens is 1. The van der Waals surface area contributed by atoms with Crippen molar-refractivity contribution in [3.63, 3.8) is 0 Å². The average molecular weight is 307 g/mol. The van der Waals surface area contributed by atoms with Crippen molar-refractivity contribution >= 4 is 0 Å². The molecule has 0 atom stereocenters. The van der Waals surface area contributed by atoms with Crippen LogP contribution in [0, 0.1) is 0 Å². The van der Waals surface area contributed by atoms with Gasteiger partial charge in [-0.25, -0.2) is 0 Å². The summed E-state index contributed by atoms with van der Waals surface area (Å²) >= 11 is 0. The summed E-state index contributed by atoms with van der Waals surface area (Å²) in [6.45, 7) is 6.02. The molecule has 1 fully saturated rings. The number of pyridine rings is 1. The number of likely N-dealkylation sites (tertiary alicyclic amines) is 1. The lowest BCUT2D eigenvalue weighted by molar-refractivity contribution is 0.136. The lowest BCUT2D eigenvalue weighted by atomic mass is 10.0. The monoisotopic (exact) mass is 307 g/mol. The van der Waals surface area contributed by atoms with Gasteiger partial charge in [0.05, 0.1) is 6.20 Å². The second-order valence-corrected chi connectivity index (χ2v) is 6.51. The van der Waals surface area contributed by atoms with Gasteiger partial charge in [0.1, 0.15) is 0 Å². The Balaban J connectivity index is 2.10. The van der Waals surface area contributed by atoms with Gasteiger partial charge in [0.25, 0.3) is 0 Å². The molecule has 1 saturated heterocycles. The minimum absolute atomic E-state index is 0.151. The molecule has 0 saturated carbocycles. The summed E-state index contributed by atoms with van der Waals surface area (Å²) in [5, 5.41) is 9.68. The summed E-state index contributed by atoms with van der Waals surface area (Å²) in [5.74, 6) is -0.151. The van der Waals surface area contributed by atoms with Crippen LogP contribution in [0.25, 0.3) is 0 Å². The van der Waals surface area contributed by atoms with E-state index in [1.54, 1.807) is 12.3 Å². The van der Waals surface area contributed by atoms with Crippen molar-refractivity contribution in [1.82, 2.24) is 14.4 Å². The molecule has 0 amide bonds. The Bertz CT molecular complexity index is 533. The van der Waals surface area contributed by atoms with E-state index in [4.69, 9.17) is 0 Å². The third-order valence-electron chi connectivity index (χ3n) is 4.67. The molecule has 0 radical (unpaired) electrons. The summed E-state index contributed by atoms with van der Waals surface area (Å²) in [7, 11) is 4.30. The maximum Gasteiger partial charge on any atom is 0.223 e. The minimum atomic E-state index is -0.278. The Morgan fingerprint density at radius 1 is 1.36 bits per heavy atom. The highest BCUT2D eigenvalue weighted by molar-refractivity contribution is 5.20. The molecule has 5 heteroatoms. The van der Waals surface area contributed by atoms with E-state index < -0.39 is 0 Å². The fourth-order valence-corrected chi connectivity index (χ4v) is 3.10. The molecule has 124 valence electrons. The minimum Gasteiger partial charge on any atom is -0.503 e. The van der Waals surface area contributed by atoms with Crippen molar-refractivity contribution in [1.29, 1.82) is 0 Å². The van der Waals surface area contributed by atoms with Gasteiger partial charge in [-0.1, -0.05) is 13.3 Å². The molecule has 2 heterocycles. The molecule has 1 aromatic rings. The normalized spacial score (nSPS) is 17.3. The number of unbranched alkanes of at least 4 members (excludes halogenated alkanes) is 1. The van der Waals surface area contributed by atoms with Gasteiger partial charge < -0.3 is 14.6 Å². The number of hydrogen-bond donors (Lipinski definition) is 1. The van der Waals surface area contributed by atoms with Gasteiger partial charge >= 0.3 is 0 Å². The predicted molar refractivity (Wildman–Crippen MR) is 89.3 cm³/mol. The number of piperidine rings is 1. The van der Waals surface area contributed by atoms with Gasteiger partial charge in [0, 0.05) is 30.9 Å². The highest BCUT2D eigenvalue weighted by Crippen LogP contribution is 2.17. The Morgan fingerprint density at radius 3 is 2.68 bits per heavy atom. The lowest BCUT2D eigenvalue weighted by Crippen LogP contribution is -2.42. The summed E-state index contributed by atoms with van der Waals surface area (Å²) in [6, 6.07) is 2.16. The van der Waals surface area contributed by atoms with Gasteiger partial charge in [0.15, 0.2) is 5.75 Å². The molecule has 0 bridgehead atoms. The molecule has 1 N–H and O–H groups in total. The van der Waals surface area contributed by atoms with E-state index >= 15 is 0 Å². The first-order valence-electron chi connectivity index (χ1n) is 8.32. The standard InChI is InChI=1S/C17H29N3O2/c1-4-5-8-20-13-17(22)16(21)11-15(20)12-19(3)14-6-9-18(2)10-7-14/h11,13-14,22H,4-10,12H2,1-3H3. The number of aryl methyl sites for hydroxylation is 1. The third-order valence-corrected chi connectivity index (χ3v) is 4.67. The highest BCUT2D eigenvalue weighted by Gasteiger charge is 2.21. The van der Waals surface area contributed by atoms with Gasteiger partial charge in [-0.05, 0) is 46.4 Å². The van der Waals surface area contributed by atoms with Gasteiger partial charge in [-0.15, -0.1) is 0 Å². The van der Waals surface area contributed by atoms with Crippen LogP contribution in [-0.4, -0.2) is 52.7 Å². The van der Waals surface area contributed by atoms with Gasteiger partial charge in [0.2, 0.25) is 5.43 Å². The SMILES string of the molecule is CCCCn1cc(O)c(=O)cc1CN(C)C1CCN(C)CC1. The van der Waals surface area contributed by atoms with E-state index in [2.05, 4.69) is 30.8 Å². The van der Waals surface area contributed by atoms with E-state index in [1.807, 2.05) is 4.57 Å². The molecule has 0 spiro atoms. The number of hydrogen-bond acceptors (Lipinski definition) is 4. The van der Waals surface area contributed by atoms with E-state index in [-0.39, 0.29) is 11.2 Å². The van der Waals surface area contributed by atoms with Crippen molar-refractivity contribution in [2.75, 3.05) is 27.2 Å². The van der Waals surface area contributed by atoms with Crippen molar-refractivity contribution in [2.24, 2.45) is 0 Å². The van der Waals surface area contributed by atoms with Crippen molar-refractivity contribution < 1.29 is 5.11 Å². The first kappa shape index (κ1) is 17.0. The van der Waals surface area contributed by atoms with Crippen molar-refractivity contribution in [2.45, 2.75) is 51.7 Å². The quantitative estimate of drug-likeness (QED) is 0.872. The maximum absolute atomic E-state index is 11.8. The average Bonchev–Trinajstić information content (AvgIpc) is 2.50. The Hall–Kier alpha value is -1.33. The molecular weight excluding hydrogens is 278 g/mol. The van der Waals surface area contributed by atoms with E-state index in [0.717, 1.165) is 44.7 Å². The summed E-state index contributed by atoms with van der Waals surface area (Å²) in [6.07, 6.45) is 6.08. The van der Waals surface area contributed by atoms with E-state index in [1.165, 1.54) is 12.8 Å². The number of nitrogens with zero attached hydrogens (tertiary/aromatic N) is 3. The Morgan fingerprint density at radius 2 is 2.05 bits per heavy atom. The van der Waals surface area contributed by atoms with Crippen molar-refractivity contribution in [3.05, 3.63) is 28.2 Å². The van der Waals surface area contributed by atoms with Crippen LogP contribution >= 0.6 is 0 Å². The largest absolute Gasteiger partial charge is 0.503 e. The molecule has 5 nitrogen and oxygen atoms in total. The van der Waals surface area contributed by atoms with Crippen LogP contribution in [0.3, 0.4) is 0 Å². The summed E-state index contributed by atoms with van der Waals surface area (Å²) in [4.78, 5) is 16.5. The maximum atomic E-state index is 11.8. The molecule has 1 aliphatic rings. The second-order valence-electron chi connectivity index (χ2n) is 6.51. The third kappa shape index (κ3) is 4.34. The second kappa shape index (κ2) is 7.79. The molecule has 22 heavy (non-hydrogen) atoms.